The van der Waals surface area contributed by atoms with Gasteiger partial charge >= 0.3 is 0 Å². The lowest BCUT2D eigenvalue weighted by molar-refractivity contribution is -0.633. The molecule has 1 aliphatic heterocycles. The molecule has 0 radical (unpaired) electrons. The molecule has 0 fully saturated rings. The number of rotatable bonds is 0. The third-order valence-electron chi connectivity index (χ3n) is 4.91. The smallest absolute Gasteiger partial charge is 0.256 e. The van der Waals surface area contributed by atoms with Crippen molar-refractivity contribution < 1.29 is 13.7 Å². The van der Waals surface area contributed by atoms with Gasteiger partial charge in [0.05, 0.1) is 10.9 Å². The molecule has 0 unspecified atom stereocenters. The molecule has 0 atom stereocenters. The molecule has 0 aliphatic carbocycles. The number of pyridine rings is 1. The molecule has 0 saturated carbocycles. The molecule has 24 heavy (non-hydrogen) atoms. The summed E-state index contributed by atoms with van der Waals surface area (Å²) in [6.45, 7) is 2.11. The lowest BCUT2D eigenvalue weighted by Gasteiger charge is -2.21. The van der Waals surface area contributed by atoms with Gasteiger partial charge < -0.3 is 4.74 Å². The normalized spacial score (nSPS) is 12.3. The lowest BCUT2D eigenvalue weighted by Crippen LogP contribution is -2.33. The highest BCUT2D eigenvalue weighted by Crippen LogP contribution is 2.47. The van der Waals surface area contributed by atoms with Crippen LogP contribution < -0.4 is 9.30 Å². The number of nitrogens with zero attached hydrogens (tertiary/aromatic N) is 1. The van der Waals surface area contributed by atoms with Gasteiger partial charge in [-0.15, -0.1) is 0 Å². The van der Waals surface area contributed by atoms with Crippen LogP contribution in [0.2, 0.25) is 0 Å². The van der Waals surface area contributed by atoms with Gasteiger partial charge in [0.25, 0.3) is 5.69 Å². The summed E-state index contributed by atoms with van der Waals surface area (Å²) in [5, 5.41) is 2.84. The van der Waals surface area contributed by atoms with Gasteiger partial charge in [-0.25, -0.2) is 4.39 Å². The van der Waals surface area contributed by atoms with Crippen molar-refractivity contribution in [3.63, 3.8) is 0 Å². The molecule has 0 spiro atoms. The highest BCUT2D eigenvalue weighted by molar-refractivity contribution is 6.04. The summed E-state index contributed by atoms with van der Waals surface area (Å²) in [5.41, 5.74) is 4.20. The molecule has 3 heteroatoms. The second kappa shape index (κ2) is 4.54. The third kappa shape index (κ3) is 1.61. The summed E-state index contributed by atoms with van der Waals surface area (Å²) in [5.74, 6) is 1.29. The van der Waals surface area contributed by atoms with E-state index in [1.807, 2.05) is 35.9 Å². The molecule has 3 aromatic carbocycles. The predicted octanol–water partition coefficient (Wildman–Crippen LogP) is 5.04. The van der Waals surface area contributed by atoms with Crippen LogP contribution in [-0.4, -0.2) is 0 Å². The van der Waals surface area contributed by atoms with Gasteiger partial charge in [0.15, 0.2) is 5.75 Å². The van der Waals surface area contributed by atoms with Crippen LogP contribution in [0.3, 0.4) is 0 Å². The SMILES string of the molecule is Cc1ccc2cccc3c2c1-c1c(cc2c(F)cccc2[n+]1C)O3. The molecular weight excluding hydrogens is 301 g/mol. The van der Waals surface area contributed by atoms with E-state index in [1.54, 1.807) is 6.07 Å². The van der Waals surface area contributed by atoms with E-state index in [1.165, 1.54) is 11.6 Å². The van der Waals surface area contributed by atoms with Gasteiger partial charge in [-0.1, -0.05) is 30.3 Å². The molecule has 0 N–H and O–H groups in total. The Labute approximate surface area is 138 Å². The molecule has 2 nitrogen and oxygen atoms in total. The first kappa shape index (κ1) is 13.5. The summed E-state index contributed by atoms with van der Waals surface area (Å²) in [4.78, 5) is 0. The summed E-state index contributed by atoms with van der Waals surface area (Å²) >= 11 is 0. The van der Waals surface area contributed by atoms with Crippen LogP contribution in [0.15, 0.2) is 54.6 Å². The molecule has 0 saturated heterocycles. The number of hydrogen-bond acceptors (Lipinski definition) is 1. The van der Waals surface area contributed by atoms with E-state index in [0.717, 1.165) is 33.3 Å². The van der Waals surface area contributed by atoms with E-state index in [0.29, 0.717) is 11.1 Å². The zero-order valence-corrected chi connectivity index (χ0v) is 13.4. The average Bonchev–Trinajstić information content (AvgIpc) is 2.58. The zero-order valence-electron chi connectivity index (χ0n) is 13.4. The maximum Gasteiger partial charge on any atom is 0.256 e. The zero-order chi connectivity index (χ0) is 16.4. The lowest BCUT2D eigenvalue weighted by atomic mass is 9.93. The van der Waals surface area contributed by atoms with Crippen molar-refractivity contribution in [2.75, 3.05) is 0 Å². The van der Waals surface area contributed by atoms with Crippen LogP contribution in [0, 0.1) is 12.7 Å². The Bertz CT molecular complexity index is 1160. The van der Waals surface area contributed by atoms with Crippen LogP contribution in [-0.2, 0) is 7.05 Å². The molecule has 0 bridgehead atoms. The van der Waals surface area contributed by atoms with E-state index >= 15 is 0 Å². The summed E-state index contributed by atoms with van der Waals surface area (Å²) in [7, 11) is 1.97. The van der Waals surface area contributed by atoms with E-state index in [-0.39, 0.29) is 5.82 Å². The Morgan fingerprint density at radius 1 is 0.958 bits per heavy atom. The van der Waals surface area contributed by atoms with E-state index in [9.17, 15) is 4.39 Å². The number of halogens is 1. The molecule has 4 aromatic rings. The van der Waals surface area contributed by atoms with Crippen molar-refractivity contribution >= 4 is 21.7 Å². The maximum absolute atomic E-state index is 14.3. The number of ether oxygens (including phenoxy) is 1. The van der Waals surface area contributed by atoms with Crippen LogP contribution in [0.5, 0.6) is 11.5 Å². The number of hydrogen-bond donors (Lipinski definition) is 0. The van der Waals surface area contributed by atoms with Crippen LogP contribution in [0.25, 0.3) is 32.9 Å². The largest absolute Gasteiger partial charge is 0.450 e. The van der Waals surface area contributed by atoms with Crippen molar-refractivity contribution in [1.29, 1.82) is 0 Å². The summed E-state index contributed by atoms with van der Waals surface area (Å²) in [6.07, 6.45) is 0. The molecule has 116 valence electrons. The molecule has 0 amide bonds. The summed E-state index contributed by atoms with van der Waals surface area (Å²) < 4.78 is 22.5. The second-order valence-corrected chi connectivity index (χ2v) is 6.30. The molecule has 2 heterocycles. The van der Waals surface area contributed by atoms with E-state index < -0.39 is 0 Å². The molecule has 1 aliphatic rings. The second-order valence-electron chi connectivity index (χ2n) is 6.30. The van der Waals surface area contributed by atoms with Crippen molar-refractivity contribution in [2.24, 2.45) is 7.05 Å². The minimum atomic E-state index is -0.233. The predicted molar refractivity (Wildman–Crippen MR) is 92.8 cm³/mol. The maximum atomic E-state index is 14.3. The van der Waals surface area contributed by atoms with E-state index in [2.05, 4.69) is 25.1 Å². The van der Waals surface area contributed by atoms with E-state index in [4.69, 9.17) is 4.74 Å². The number of fused-ring (bicyclic) bond motifs is 3. The number of aryl methyl sites for hydroxylation is 2. The van der Waals surface area contributed by atoms with Gasteiger partial charge in [0.1, 0.15) is 18.6 Å². The van der Waals surface area contributed by atoms with Gasteiger partial charge in [0.2, 0.25) is 5.52 Å². The number of benzene rings is 3. The van der Waals surface area contributed by atoms with Gasteiger partial charge in [-0.3, -0.25) is 0 Å². The Morgan fingerprint density at radius 2 is 1.79 bits per heavy atom. The Balaban J connectivity index is 2.02. The van der Waals surface area contributed by atoms with Crippen molar-refractivity contribution in [1.82, 2.24) is 0 Å². The quantitative estimate of drug-likeness (QED) is 0.365. The van der Waals surface area contributed by atoms with Crippen molar-refractivity contribution in [2.45, 2.75) is 6.92 Å². The first-order valence-corrected chi connectivity index (χ1v) is 7.97. The fraction of sp³-hybridized carbons (Fsp3) is 0.0952. The average molecular weight is 316 g/mol. The minimum Gasteiger partial charge on any atom is -0.450 e. The Hall–Kier alpha value is -2.94. The number of aromatic nitrogens is 1. The van der Waals surface area contributed by atoms with Gasteiger partial charge in [0, 0.05) is 17.5 Å². The van der Waals surface area contributed by atoms with Gasteiger partial charge in [-0.2, -0.15) is 4.57 Å². The molecule has 5 rings (SSSR count). The first-order valence-electron chi connectivity index (χ1n) is 7.97. The Kier molecular flexibility index (Phi) is 2.55. The first-order chi connectivity index (χ1) is 11.6. The standard InChI is InChI=1S/C21H15FNO/c1-12-9-10-13-5-3-8-17-20(13)19(12)21-18(24-17)11-14-15(22)6-4-7-16(14)23(21)2/h3-11H,1-2H3/q+1. The highest BCUT2D eigenvalue weighted by Gasteiger charge is 2.31. The molecular formula is C21H15FNO+. The fourth-order valence-electron chi connectivity index (χ4n) is 3.77. The topological polar surface area (TPSA) is 13.1 Å². The summed E-state index contributed by atoms with van der Waals surface area (Å²) in [6, 6.07) is 17.3. The van der Waals surface area contributed by atoms with Crippen molar-refractivity contribution in [3.05, 3.63) is 66.0 Å². The highest BCUT2D eigenvalue weighted by atomic mass is 19.1. The third-order valence-corrected chi connectivity index (χ3v) is 4.91. The molecule has 1 aromatic heterocycles. The van der Waals surface area contributed by atoms with Crippen LogP contribution >= 0.6 is 0 Å². The van der Waals surface area contributed by atoms with Crippen LogP contribution in [0.4, 0.5) is 4.39 Å². The Morgan fingerprint density at radius 3 is 2.67 bits per heavy atom. The minimum absolute atomic E-state index is 0.233. The van der Waals surface area contributed by atoms with Crippen LogP contribution in [0.1, 0.15) is 5.56 Å². The van der Waals surface area contributed by atoms with Crippen molar-refractivity contribution in [3.8, 4) is 22.8 Å². The van der Waals surface area contributed by atoms with Gasteiger partial charge in [-0.05, 0) is 30.0 Å². The fourth-order valence-corrected chi connectivity index (χ4v) is 3.77. The monoisotopic (exact) mass is 316 g/mol.